The Hall–Kier alpha value is -1.92. The van der Waals surface area contributed by atoms with Gasteiger partial charge in [0.1, 0.15) is 5.75 Å². The molecule has 0 unspecified atom stereocenters. The molecule has 3 aromatic rings. The third-order valence-corrected chi connectivity index (χ3v) is 4.46. The Morgan fingerprint density at radius 1 is 1.24 bits per heavy atom. The van der Waals surface area contributed by atoms with Gasteiger partial charge in [0.25, 0.3) is 0 Å². The molecule has 0 atom stereocenters. The van der Waals surface area contributed by atoms with Crippen molar-refractivity contribution in [3.63, 3.8) is 0 Å². The number of hydrogen-bond donors (Lipinski definition) is 1. The van der Waals surface area contributed by atoms with E-state index in [1.54, 1.807) is 24.9 Å². The van der Waals surface area contributed by atoms with Gasteiger partial charge in [-0.15, -0.1) is 11.8 Å². The van der Waals surface area contributed by atoms with Crippen LogP contribution in [0.25, 0.3) is 11.0 Å². The summed E-state index contributed by atoms with van der Waals surface area (Å²) in [5.74, 6) is 1.61. The number of fused-ring (bicyclic) bond motifs is 1. The van der Waals surface area contributed by atoms with E-state index in [4.69, 9.17) is 26.7 Å². The third-order valence-electron chi connectivity index (χ3n) is 3.05. The number of methoxy groups -OCH3 is 1. The van der Waals surface area contributed by atoms with Gasteiger partial charge in [0.15, 0.2) is 11.0 Å². The van der Waals surface area contributed by atoms with Crippen molar-refractivity contribution >= 4 is 40.1 Å². The average Bonchev–Trinajstić information content (AvgIpc) is 3.00. The van der Waals surface area contributed by atoms with E-state index in [1.165, 1.54) is 5.56 Å². The van der Waals surface area contributed by atoms with Crippen molar-refractivity contribution in [1.82, 2.24) is 10.3 Å². The van der Waals surface area contributed by atoms with Crippen molar-refractivity contribution in [1.29, 1.82) is 0 Å². The molecule has 21 heavy (non-hydrogen) atoms. The summed E-state index contributed by atoms with van der Waals surface area (Å²) < 4.78 is 9.89. The molecule has 0 aliphatic carbocycles. The van der Waals surface area contributed by atoms with Gasteiger partial charge >= 0.3 is 0 Å². The highest BCUT2D eigenvalue weighted by atomic mass is 35.5. The molecule has 1 heterocycles. The number of thioether (sulfide) groups is 1. The molecule has 2 aromatic carbocycles. The summed E-state index contributed by atoms with van der Waals surface area (Å²) in [5, 5.41) is 8.14. The fraction of sp³-hybridized carbons (Fsp3) is 0.143. The molecule has 0 saturated heterocycles. The smallest absolute Gasteiger partial charge is 0.160 e. The van der Waals surface area contributed by atoms with Crippen molar-refractivity contribution in [3.05, 3.63) is 40.9 Å². The molecule has 1 aromatic heterocycles. The second kappa shape index (κ2) is 5.83. The molecular formula is C14H12ClN3O2S. The van der Waals surface area contributed by atoms with E-state index < -0.39 is 0 Å². The van der Waals surface area contributed by atoms with Crippen molar-refractivity contribution in [2.75, 3.05) is 12.8 Å². The summed E-state index contributed by atoms with van der Waals surface area (Å²) in [4.78, 5) is 0.890. The molecule has 0 aliphatic rings. The predicted octanol–water partition coefficient (Wildman–Crippen LogP) is 3.76. The molecule has 0 amide bonds. The summed E-state index contributed by atoms with van der Waals surface area (Å²) >= 11 is 7.71. The van der Waals surface area contributed by atoms with Crippen LogP contribution in [0.15, 0.2) is 39.9 Å². The van der Waals surface area contributed by atoms with Crippen molar-refractivity contribution in [3.8, 4) is 5.75 Å². The molecular weight excluding hydrogens is 310 g/mol. The summed E-state index contributed by atoms with van der Waals surface area (Å²) in [6, 6.07) is 9.68. The van der Waals surface area contributed by atoms with Crippen molar-refractivity contribution in [2.45, 2.75) is 10.6 Å². The molecule has 0 bridgehead atoms. The van der Waals surface area contributed by atoms with Crippen LogP contribution in [0.1, 0.15) is 5.56 Å². The molecule has 0 radical (unpaired) electrons. The highest BCUT2D eigenvalue weighted by Crippen LogP contribution is 2.36. The van der Waals surface area contributed by atoms with Crippen LogP contribution >= 0.6 is 23.4 Å². The zero-order valence-corrected chi connectivity index (χ0v) is 12.7. The van der Waals surface area contributed by atoms with Gasteiger partial charge in [-0.25, -0.2) is 4.63 Å². The first-order valence-electron chi connectivity index (χ1n) is 6.15. The number of aromatic nitrogens is 2. The molecule has 3 rings (SSSR count). The molecule has 2 N–H and O–H groups in total. The Morgan fingerprint density at radius 3 is 2.67 bits per heavy atom. The van der Waals surface area contributed by atoms with Gasteiger partial charge in [-0.05, 0) is 34.1 Å². The van der Waals surface area contributed by atoms with E-state index in [-0.39, 0.29) is 0 Å². The van der Waals surface area contributed by atoms with Crippen LogP contribution in [0.5, 0.6) is 5.75 Å². The average molecular weight is 322 g/mol. The summed E-state index contributed by atoms with van der Waals surface area (Å²) in [7, 11) is 1.65. The molecule has 0 fully saturated rings. The number of nitrogens with zero attached hydrogens (tertiary/aromatic N) is 2. The molecule has 0 aliphatic heterocycles. The van der Waals surface area contributed by atoms with Crippen LogP contribution in [0.3, 0.4) is 0 Å². The quantitative estimate of drug-likeness (QED) is 0.582. The second-order valence-corrected chi connectivity index (χ2v) is 5.79. The SMILES string of the molecule is COc1ccc(CSc2cc(Cl)c(N)c3nonc23)cc1. The number of halogens is 1. The first-order chi connectivity index (χ1) is 10.2. The van der Waals surface area contributed by atoms with Crippen LogP contribution in [0, 0.1) is 0 Å². The van der Waals surface area contributed by atoms with Crippen LogP contribution in [-0.4, -0.2) is 17.4 Å². The summed E-state index contributed by atoms with van der Waals surface area (Å²) in [6.07, 6.45) is 0. The lowest BCUT2D eigenvalue weighted by atomic mass is 10.2. The van der Waals surface area contributed by atoms with Gasteiger partial charge in [0.2, 0.25) is 0 Å². The predicted molar refractivity (Wildman–Crippen MR) is 83.8 cm³/mol. The number of nitrogen functional groups attached to an aromatic ring is 1. The van der Waals surface area contributed by atoms with Gasteiger partial charge in [0.05, 0.1) is 17.8 Å². The largest absolute Gasteiger partial charge is 0.497 e. The minimum atomic E-state index is 0.390. The number of rotatable bonds is 4. The van der Waals surface area contributed by atoms with Crippen LogP contribution in [0.4, 0.5) is 5.69 Å². The maximum atomic E-state index is 6.11. The lowest BCUT2D eigenvalue weighted by Gasteiger charge is -2.06. The van der Waals surface area contributed by atoms with E-state index in [0.29, 0.717) is 21.7 Å². The van der Waals surface area contributed by atoms with Gasteiger partial charge < -0.3 is 10.5 Å². The lowest BCUT2D eigenvalue weighted by molar-refractivity contribution is 0.315. The minimum Gasteiger partial charge on any atom is -0.497 e. The van der Waals surface area contributed by atoms with Gasteiger partial charge in [-0.3, -0.25) is 0 Å². The highest BCUT2D eigenvalue weighted by Gasteiger charge is 2.14. The topological polar surface area (TPSA) is 74.2 Å². The highest BCUT2D eigenvalue weighted by molar-refractivity contribution is 7.98. The summed E-state index contributed by atoms with van der Waals surface area (Å²) in [6.45, 7) is 0. The molecule has 0 spiro atoms. The van der Waals surface area contributed by atoms with E-state index >= 15 is 0 Å². The van der Waals surface area contributed by atoms with Crippen LogP contribution < -0.4 is 10.5 Å². The maximum absolute atomic E-state index is 6.11. The minimum absolute atomic E-state index is 0.390. The zero-order valence-electron chi connectivity index (χ0n) is 11.2. The Morgan fingerprint density at radius 2 is 1.95 bits per heavy atom. The van der Waals surface area contributed by atoms with Crippen molar-refractivity contribution in [2.24, 2.45) is 0 Å². The Kier molecular flexibility index (Phi) is 3.90. The Bertz CT molecular complexity index is 774. The van der Waals surface area contributed by atoms with E-state index in [2.05, 4.69) is 10.3 Å². The maximum Gasteiger partial charge on any atom is 0.160 e. The zero-order chi connectivity index (χ0) is 14.8. The van der Waals surface area contributed by atoms with Gasteiger partial charge in [-0.1, -0.05) is 23.7 Å². The van der Waals surface area contributed by atoms with E-state index in [9.17, 15) is 0 Å². The van der Waals surface area contributed by atoms with E-state index in [1.807, 2.05) is 24.3 Å². The lowest BCUT2D eigenvalue weighted by Crippen LogP contribution is -1.90. The van der Waals surface area contributed by atoms with Crippen LogP contribution in [0.2, 0.25) is 5.02 Å². The van der Waals surface area contributed by atoms with Gasteiger partial charge in [-0.2, -0.15) is 0 Å². The summed E-state index contributed by atoms with van der Waals surface area (Å²) in [5.41, 5.74) is 8.54. The second-order valence-electron chi connectivity index (χ2n) is 4.37. The van der Waals surface area contributed by atoms with Crippen molar-refractivity contribution < 1.29 is 9.37 Å². The van der Waals surface area contributed by atoms with Crippen LogP contribution in [-0.2, 0) is 5.75 Å². The Labute approximate surface area is 130 Å². The fourth-order valence-electron chi connectivity index (χ4n) is 1.89. The monoisotopic (exact) mass is 321 g/mol. The van der Waals surface area contributed by atoms with Gasteiger partial charge in [0, 0.05) is 10.6 Å². The molecule has 7 heteroatoms. The molecule has 108 valence electrons. The Balaban J connectivity index is 1.84. The standard InChI is InChI=1S/C14H12ClN3O2S/c1-19-9-4-2-8(3-5-9)7-21-11-6-10(15)12(16)14-13(11)17-20-18-14/h2-6H,7,16H2,1H3. The fourth-order valence-corrected chi connectivity index (χ4v) is 3.14. The first-order valence-corrected chi connectivity index (χ1v) is 7.51. The first kappa shape index (κ1) is 14.0. The number of benzene rings is 2. The number of nitrogens with two attached hydrogens (primary N) is 1. The number of hydrogen-bond acceptors (Lipinski definition) is 6. The normalized spacial score (nSPS) is 11.0. The number of ether oxygens (including phenoxy) is 1. The molecule has 5 nitrogen and oxygen atoms in total. The third kappa shape index (κ3) is 2.77. The number of anilines is 1. The van der Waals surface area contributed by atoms with E-state index in [0.717, 1.165) is 16.4 Å². The molecule has 0 saturated carbocycles.